The van der Waals surface area contributed by atoms with Crippen LogP contribution in [0.2, 0.25) is 0 Å². The van der Waals surface area contributed by atoms with E-state index in [4.69, 9.17) is 5.11 Å². The molecule has 2 rings (SSSR count). The van der Waals surface area contributed by atoms with Gasteiger partial charge in [0.2, 0.25) is 0 Å². The number of aliphatic carboxylic acids is 1. The standard InChI is InChI=1S/C14H17F2NO2/c1-8-6-17(7-12(8)14(18)19)9(2)11-5-10(15)3-4-13(11)16/h3-5,8-9,12H,6-7H2,1-2H3,(H,18,19). The van der Waals surface area contributed by atoms with Crippen LogP contribution in [0.25, 0.3) is 0 Å². The zero-order chi connectivity index (χ0) is 14.2. The average Bonchev–Trinajstić information content (AvgIpc) is 2.74. The Balaban J connectivity index is 2.19. The maximum atomic E-state index is 13.7. The van der Waals surface area contributed by atoms with Gasteiger partial charge >= 0.3 is 5.97 Å². The highest BCUT2D eigenvalue weighted by Gasteiger charge is 2.37. The van der Waals surface area contributed by atoms with Crippen molar-refractivity contribution in [3.05, 3.63) is 35.4 Å². The molecule has 1 saturated heterocycles. The summed E-state index contributed by atoms with van der Waals surface area (Å²) < 4.78 is 26.9. The largest absolute Gasteiger partial charge is 0.481 e. The molecule has 0 aromatic heterocycles. The lowest BCUT2D eigenvalue weighted by atomic mass is 9.99. The molecule has 0 spiro atoms. The summed E-state index contributed by atoms with van der Waals surface area (Å²) in [5.41, 5.74) is 0.276. The molecule has 1 fully saturated rings. The van der Waals surface area contributed by atoms with Crippen LogP contribution < -0.4 is 0 Å². The highest BCUT2D eigenvalue weighted by molar-refractivity contribution is 5.71. The quantitative estimate of drug-likeness (QED) is 0.917. The smallest absolute Gasteiger partial charge is 0.308 e. The molecule has 19 heavy (non-hydrogen) atoms. The number of rotatable bonds is 3. The molecule has 1 aromatic rings. The fourth-order valence-electron chi connectivity index (χ4n) is 2.67. The van der Waals surface area contributed by atoms with Gasteiger partial charge in [0.1, 0.15) is 11.6 Å². The molecule has 0 saturated carbocycles. The van der Waals surface area contributed by atoms with Crippen LogP contribution >= 0.6 is 0 Å². The Morgan fingerprint density at radius 1 is 1.42 bits per heavy atom. The van der Waals surface area contributed by atoms with E-state index in [1.165, 1.54) is 6.07 Å². The maximum absolute atomic E-state index is 13.7. The number of likely N-dealkylation sites (tertiary alicyclic amines) is 1. The van der Waals surface area contributed by atoms with Crippen LogP contribution in [0.5, 0.6) is 0 Å². The predicted octanol–water partition coefficient (Wildman–Crippen LogP) is 2.68. The van der Waals surface area contributed by atoms with Crippen molar-refractivity contribution in [2.75, 3.05) is 13.1 Å². The van der Waals surface area contributed by atoms with Gasteiger partial charge in [-0.1, -0.05) is 6.92 Å². The summed E-state index contributed by atoms with van der Waals surface area (Å²) in [7, 11) is 0. The van der Waals surface area contributed by atoms with Crippen molar-refractivity contribution < 1.29 is 18.7 Å². The van der Waals surface area contributed by atoms with Crippen molar-refractivity contribution in [2.45, 2.75) is 19.9 Å². The van der Waals surface area contributed by atoms with E-state index in [2.05, 4.69) is 0 Å². The molecule has 1 N–H and O–H groups in total. The molecule has 3 atom stereocenters. The molecule has 1 heterocycles. The number of carboxylic acids is 1. The third-order valence-electron chi connectivity index (χ3n) is 3.91. The van der Waals surface area contributed by atoms with Gasteiger partial charge in [-0.2, -0.15) is 0 Å². The second kappa shape index (κ2) is 5.25. The maximum Gasteiger partial charge on any atom is 0.308 e. The molecule has 3 unspecified atom stereocenters. The summed E-state index contributed by atoms with van der Waals surface area (Å²) in [5.74, 6) is -2.21. The van der Waals surface area contributed by atoms with Crippen LogP contribution in [-0.2, 0) is 4.79 Å². The molecule has 0 aliphatic carbocycles. The van der Waals surface area contributed by atoms with Gasteiger partial charge in [-0.25, -0.2) is 8.78 Å². The van der Waals surface area contributed by atoms with Gasteiger partial charge in [-0.15, -0.1) is 0 Å². The fourth-order valence-corrected chi connectivity index (χ4v) is 2.67. The fraction of sp³-hybridized carbons (Fsp3) is 0.500. The number of nitrogens with zero attached hydrogens (tertiary/aromatic N) is 1. The summed E-state index contributed by atoms with van der Waals surface area (Å²) in [6.45, 7) is 4.59. The third-order valence-corrected chi connectivity index (χ3v) is 3.91. The van der Waals surface area contributed by atoms with Gasteiger partial charge in [0.05, 0.1) is 5.92 Å². The summed E-state index contributed by atoms with van der Waals surface area (Å²) in [4.78, 5) is 13.0. The molecule has 5 heteroatoms. The highest BCUT2D eigenvalue weighted by Crippen LogP contribution is 2.32. The predicted molar refractivity (Wildman–Crippen MR) is 66.6 cm³/mol. The van der Waals surface area contributed by atoms with E-state index in [-0.39, 0.29) is 17.5 Å². The first kappa shape index (κ1) is 13.9. The Morgan fingerprint density at radius 2 is 2.11 bits per heavy atom. The van der Waals surface area contributed by atoms with Gasteiger partial charge in [0, 0.05) is 24.7 Å². The number of benzene rings is 1. The summed E-state index contributed by atoms with van der Waals surface area (Å²) >= 11 is 0. The molecule has 1 aliphatic rings. The Kier molecular flexibility index (Phi) is 3.85. The SMILES string of the molecule is CC1CN(C(C)c2cc(F)ccc2F)CC1C(=O)O. The lowest BCUT2D eigenvalue weighted by Crippen LogP contribution is -2.27. The molecular formula is C14H17F2NO2. The van der Waals surface area contributed by atoms with Gasteiger partial charge in [0.25, 0.3) is 0 Å². The Hall–Kier alpha value is -1.49. The van der Waals surface area contributed by atoms with Crippen molar-refractivity contribution in [3.63, 3.8) is 0 Å². The van der Waals surface area contributed by atoms with Crippen LogP contribution in [0.4, 0.5) is 8.78 Å². The first-order valence-corrected chi connectivity index (χ1v) is 6.32. The van der Waals surface area contributed by atoms with Crippen LogP contribution in [0.1, 0.15) is 25.5 Å². The van der Waals surface area contributed by atoms with Crippen molar-refractivity contribution >= 4 is 5.97 Å². The Morgan fingerprint density at radius 3 is 2.68 bits per heavy atom. The van der Waals surface area contributed by atoms with Crippen molar-refractivity contribution in [2.24, 2.45) is 11.8 Å². The minimum absolute atomic E-state index is 0.0107. The zero-order valence-electron chi connectivity index (χ0n) is 10.9. The molecule has 104 valence electrons. The van der Waals surface area contributed by atoms with Gasteiger partial charge < -0.3 is 5.11 Å². The molecule has 1 aliphatic heterocycles. The lowest BCUT2D eigenvalue weighted by Gasteiger charge is -2.25. The van der Waals surface area contributed by atoms with Crippen molar-refractivity contribution in [1.82, 2.24) is 4.90 Å². The molecule has 0 bridgehead atoms. The molecule has 0 amide bonds. The van der Waals surface area contributed by atoms with Crippen LogP contribution in [0.3, 0.4) is 0 Å². The minimum Gasteiger partial charge on any atom is -0.481 e. The Labute approximate surface area is 110 Å². The summed E-state index contributed by atoms with van der Waals surface area (Å²) in [6.07, 6.45) is 0. The second-order valence-corrected chi connectivity index (χ2v) is 5.22. The highest BCUT2D eigenvalue weighted by atomic mass is 19.1. The first-order chi connectivity index (χ1) is 8.90. The Bertz CT molecular complexity index is 492. The lowest BCUT2D eigenvalue weighted by molar-refractivity contribution is -0.142. The number of hydrogen-bond acceptors (Lipinski definition) is 2. The van der Waals surface area contributed by atoms with E-state index in [1.54, 1.807) is 6.92 Å². The van der Waals surface area contributed by atoms with Crippen molar-refractivity contribution in [1.29, 1.82) is 0 Å². The summed E-state index contributed by atoms with van der Waals surface area (Å²) in [5, 5.41) is 9.09. The van der Waals surface area contributed by atoms with E-state index >= 15 is 0 Å². The van der Waals surface area contributed by atoms with E-state index in [9.17, 15) is 13.6 Å². The molecular weight excluding hydrogens is 252 g/mol. The minimum atomic E-state index is -0.832. The number of hydrogen-bond donors (Lipinski definition) is 1. The van der Waals surface area contributed by atoms with E-state index in [1.807, 2.05) is 11.8 Å². The zero-order valence-corrected chi connectivity index (χ0v) is 10.9. The van der Waals surface area contributed by atoms with E-state index < -0.39 is 23.5 Å². The molecule has 1 aromatic carbocycles. The molecule has 0 radical (unpaired) electrons. The average molecular weight is 269 g/mol. The number of halogens is 2. The number of carbonyl (C=O) groups is 1. The summed E-state index contributed by atoms with van der Waals surface area (Å²) in [6, 6.07) is 3.04. The van der Waals surface area contributed by atoms with Crippen LogP contribution in [0, 0.1) is 23.5 Å². The first-order valence-electron chi connectivity index (χ1n) is 6.32. The van der Waals surface area contributed by atoms with Crippen LogP contribution in [-0.4, -0.2) is 29.1 Å². The second-order valence-electron chi connectivity index (χ2n) is 5.22. The molecule has 3 nitrogen and oxygen atoms in total. The normalized spacial score (nSPS) is 25.5. The van der Waals surface area contributed by atoms with Gasteiger partial charge in [-0.05, 0) is 31.0 Å². The van der Waals surface area contributed by atoms with E-state index in [0.717, 1.165) is 12.1 Å². The van der Waals surface area contributed by atoms with Crippen LogP contribution in [0.15, 0.2) is 18.2 Å². The van der Waals surface area contributed by atoms with Gasteiger partial charge in [-0.3, -0.25) is 9.69 Å². The monoisotopic (exact) mass is 269 g/mol. The topological polar surface area (TPSA) is 40.5 Å². The van der Waals surface area contributed by atoms with Crippen molar-refractivity contribution in [3.8, 4) is 0 Å². The van der Waals surface area contributed by atoms with Gasteiger partial charge in [0.15, 0.2) is 0 Å². The third kappa shape index (κ3) is 2.76. The number of carboxylic acid groups (broad SMARTS) is 1. The van der Waals surface area contributed by atoms with E-state index in [0.29, 0.717) is 13.1 Å².